The van der Waals surface area contributed by atoms with Crippen LogP contribution in [0.25, 0.3) is 11.3 Å². The molecule has 0 aliphatic heterocycles. The van der Waals surface area contributed by atoms with Gasteiger partial charge in [-0.3, -0.25) is 25.3 Å². The summed E-state index contributed by atoms with van der Waals surface area (Å²) in [5.74, 6) is 0. The molecule has 0 saturated carbocycles. The van der Waals surface area contributed by atoms with E-state index in [0.29, 0.717) is 5.69 Å². The number of aliphatic hydroxyl groups is 1. The summed E-state index contributed by atoms with van der Waals surface area (Å²) >= 11 is 0. The molecule has 116 valence electrons. The van der Waals surface area contributed by atoms with E-state index in [1.165, 1.54) is 6.20 Å². The first-order valence-corrected chi connectivity index (χ1v) is 7.31. The van der Waals surface area contributed by atoms with Crippen molar-refractivity contribution in [3.05, 3.63) is 72.7 Å². The third-order valence-electron chi connectivity index (χ3n) is 3.44. The number of hydrogen-bond acceptors (Lipinski definition) is 6. The van der Waals surface area contributed by atoms with E-state index in [2.05, 4.69) is 25.3 Å². The van der Waals surface area contributed by atoms with E-state index >= 15 is 0 Å². The Kier molecular flexibility index (Phi) is 4.65. The average Bonchev–Trinajstić information content (AvgIpc) is 2.63. The van der Waals surface area contributed by atoms with Gasteiger partial charge in [0.05, 0.1) is 17.6 Å². The molecule has 6 nitrogen and oxygen atoms in total. The van der Waals surface area contributed by atoms with E-state index in [9.17, 15) is 5.11 Å². The van der Waals surface area contributed by atoms with Crippen molar-refractivity contribution in [2.24, 2.45) is 0 Å². The molecule has 0 bridgehead atoms. The number of nitrogens with zero attached hydrogens (tertiary/aromatic N) is 4. The lowest BCUT2D eigenvalue weighted by molar-refractivity contribution is 0.120. The fourth-order valence-corrected chi connectivity index (χ4v) is 2.23. The molecule has 0 amide bonds. The second kappa shape index (κ2) is 7.04. The molecule has 0 aromatic carbocycles. The standard InChI is InChI=1S/C17H17N5O/c1-12(21-17(23)16-11-19-8-9-20-16)14-5-2-6-15(22-14)13-4-3-7-18-10-13/h2-12,17,21,23H,1H3. The summed E-state index contributed by atoms with van der Waals surface area (Å²) in [5, 5.41) is 13.3. The van der Waals surface area contributed by atoms with Gasteiger partial charge in [-0.15, -0.1) is 0 Å². The van der Waals surface area contributed by atoms with Crippen molar-refractivity contribution in [1.82, 2.24) is 25.3 Å². The van der Waals surface area contributed by atoms with Gasteiger partial charge in [-0.2, -0.15) is 0 Å². The van der Waals surface area contributed by atoms with E-state index in [-0.39, 0.29) is 6.04 Å². The third kappa shape index (κ3) is 3.74. The van der Waals surface area contributed by atoms with Crippen LogP contribution < -0.4 is 5.32 Å². The summed E-state index contributed by atoms with van der Waals surface area (Å²) in [6.07, 6.45) is 7.25. The van der Waals surface area contributed by atoms with Gasteiger partial charge in [-0.25, -0.2) is 0 Å². The highest BCUT2D eigenvalue weighted by molar-refractivity contribution is 5.57. The molecule has 3 heterocycles. The van der Waals surface area contributed by atoms with E-state index < -0.39 is 6.23 Å². The highest BCUT2D eigenvalue weighted by Crippen LogP contribution is 2.20. The fourth-order valence-electron chi connectivity index (χ4n) is 2.23. The Morgan fingerprint density at radius 2 is 1.83 bits per heavy atom. The van der Waals surface area contributed by atoms with E-state index in [1.54, 1.807) is 24.8 Å². The van der Waals surface area contributed by atoms with Crippen LogP contribution in [0.4, 0.5) is 0 Å². The van der Waals surface area contributed by atoms with Crippen molar-refractivity contribution in [3.8, 4) is 11.3 Å². The molecule has 0 spiro atoms. The maximum absolute atomic E-state index is 10.2. The smallest absolute Gasteiger partial charge is 0.150 e. The van der Waals surface area contributed by atoms with Crippen molar-refractivity contribution in [3.63, 3.8) is 0 Å². The minimum Gasteiger partial charge on any atom is -0.373 e. The predicted octanol–water partition coefficient (Wildman–Crippen LogP) is 2.28. The van der Waals surface area contributed by atoms with Crippen LogP contribution in [0.15, 0.2) is 61.3 Å². The molecule has 0 saturated heterocycles. The number of nitrogens with one attached hydrogen (secondary N) is 1. The molecule has 3 rings (SSSR count). The minimum atomic E-state index is -0.900. The molecule has 6 heteroatoms. The van der Waals surface area contributed by atoms with Crippen LogP contribution >= 0.6 is 0 Å². The van der Waals surface area contributed by atoms with Crippen molar-refractivity contribution in [1.29, 1.82) is 0 Å². The first kappa shape index (κ1) is 15.2. The lowest BCUT2D eigenvalue weighted by Crippen LogP contribution is -2.25. The van der Waals surface area contributed by atoms with Crippen LogP contribution in [0.2, 0.25) is 0 Å². The van der Waals surface area contributed by atoms with Crippen LogP contribution in [0.3, 0.4) is 0 Å². The molecule has 0 aliphatic rings. The van der Waals surface area contributed by atoms with Crippen LogP contribution in [0.5, 0.6) is 0 Å². The first-order chi connectivity index (χ1) is 11.2. The van der Waals surface area contributed by atoms with Gasteiger partial charge in [-0.1, -0.05) is 6.07 Å². The zero-order valence-corrected chi connectivity index (χ0v) is 12.7. The number of rotatable bonds is 5. The summed E-state index contributed by atoms with van der Waals surface area (Å²) < 4.78 is 0. The normalized spacial score (nSPS) is 13.5. The van der Waals surface area contributed by atoms with Gasteiger partial charge in [0.1, 0.15) is 11.9 Å². The second-order valence-corrected chi connectivity index (χ2v) is 5.11. The largest absolute Gasteiger partial charge is 0.373 e. The monoisotopic (exact) mass is 307 g/mol. The maximum Gasteiger partial charge on any atom is 0.150 e. The van der Waals surface area contributed by atoms with Gasteiger partial charge < -0.3 is 5.11 Å². The molecule has 2 N–H and O–H groups in total. The Hall–Kier alpha value is -2.70. The molecular weight excluding hydrogens is 290 g/mol. The van der Waals surface area contributed by atoms with Crippen LogP contribution in [-0.4, -0.2) is 25.0 Å². The number of hydrogen-bond donors (Lipinski definition) is 2. The Bertz CT molecular complexity index is 751. The Morgan fingerprint density at radius 1 is 0.957 bits per heavy atom. The van der Waals surface area contributed by atoms with Gasteiger partial charge >= 0.3 is 0 Å². The summed E-state index contributed by atoms with van der Waals surface area (Å²) in [7, 11) is 0. The van der Waals surface area contributed by atoms with Gasteiger partial charge in [-0.05, 0) is 31.2 Å². The van der Waals surface area contributed by atoms with Crippen molar-refractivity contribution in [2.75, 3.05) is 0 Å². The number of aromatic nitrogens is 4. The molecule has 3 aromatic heterocycles. The Morgan fingerprint density at radius 3 is 2.57 bits per heavy atom. The molecule has 0 aliphatic carbocycles. The zero-order valence-electron chi connectivity index (χ0n) is 12.7. The topological polar surface area (TPSA) is 83.8 Å². The quantitative estimate of drug-likeness (QED) is 0.704. The zero-order chi connectivity index (χ0) is 16.1. The third-order valence-corrected chi connectivity index (χ3v) is 3.44. The maximum atomic E-state index is 10.2. The molecule has 23 heavy (non-hydrogen) atoms. The number of aliphatic hydroxyl groups excluding tert-OH is 1. The van der Waals surface area contributed by atoms with Crippen LogP contribution in [-0.2, 0) is 0 Å². The van der Waals surface area contributed by atoms with Crippen molar-refractivity contribution < 1.29 is 5.11 Å². The summed E-state index contributed by atoms with van der Waals surface area (Å²) in [6, 6.07) is 9.49. The SMILES string of the molecule is CC(NC(O)c1cnccn1)c1cccc(-c2cccnc2)n1. The van der Waals surface area contributed by atoms with Crippen molar-refractivity contribution >= 4 is 0 Å². The second-order valence-electron chi connectivity index (χ2n) is 5.11. The average molecular weight is 307 g/mol. The molecule has 2 atom stereocenters. The lowest BCUT2D eigenvalue weighted by Gasteiger charge is -2.18. The lowest BCUT2D eigenvalue weighted by atomic mass is 10.1. The molecule has 2 unspecified atom stereocenters. The molecule has 0 radical (unpaired) electrons. The molecular formula is C17H17N5O. The summed E-state index contributed by atoms with van der Waals surface area (Å²) in [5.41, 5.74) is 3.10. The highest BCUT2D eigenvalue weighted by atomic mass is 16.3. The van der Waals surface area contributed by atoms with Crippen molar-refractivity contribution in [2.45, 2.75) is 19.2 Å². The minimum absolute atomic E-state index is 0.149. The fraction of sp³-hybridized carbons (Fsp3) is 0.176. The van der Waals surface area contributed by atoms with Crippen LogP contribution in [0, 0.1) is 0 Å². The summed E-state index contributed by atoms with van der Waals surface area (Å²) in [4.78, 5) is 16.8. The molecule has 3 aromatic rings. The van der Waals surface area contributed by atoms with E-state index in [1.807, 2.05) is 37.3 Å². The Balaban J connectivity index is 1.76. The van der Waals surface area contributed by atoms with Gasteiger partial charge in [0.2, 0.25) is 0 Å². The van der Waals surface area contributed by atoms with Gasteiger partial charge in [0, 0.05) is 36.4 Å². The van der Waals surface area contributed by atoms with E-state index in [0.717, 1.165) is 17.0 Å². The first-order valence-electron chi connectivity index (χ1n) is 7.31. The molecule has 0 fully saturated rings. The van der Waals surface area contributed by atoms with Gasteiger partial charge in [0.25, 0.3) is 0 Å². The number of pyridine rings is 2. The van der Waals surface area contributed by atoms with Gasteiger partial charge in [0.15, 0.2) is 0 Å². The van der Waals surface area contributed by atoms with E-state index in [4.69, 9.17) is 0 Å². The summed E-state index contributed by atoms with van der Waals surface area (Å²) in [6.45, 7) is 1.94. The predicted molar refractivity (Wildman–Crippen MR) is 86.0 cm³/mol. The Labute approximate surface area is 134 Å². The van der Waals surface area contributed by atoms with Crippen LogP contribution in [0.1, 0.15) is 30.6 Å². The highest BCUT2D eigenvalue weighted by Gasteiger charge is 2.15.